The number of carbonyl (C=O) groups is 2. The van der Waals surface area contributed by atoms with Gasteiger partial charge in [0.1, 0.15) is 0 Å². The van der Waals surface area contributed by atoms with Crippen LogP contribution >= 0.6 is 0 Å². The molecular formula is C28H29N3O3. The van der Waals surface area contributed by atoms with E-state index in [0.29, 0.717) is 17.8 Å². The van der Waals surface area contributed by atoms with Crippen molar-refractivity contribution in [1.82, 2.24) is 9.80 Å². The SMILES string of the molecule is O=C1C(=O)N(CC(O)CN2CCN(C(c3ccccc3)c3ccccc3)CC2)c2ccccc21. The molecule has 2 aliphatic rings. The number of para-hydroxylation sites is 1. The number of ketones is 1. The van der Waals surface area contributed by atoms with Gasteiger partial charge in [0.25, 0.3) is 11.7 Å². The Labute approximate surface area is 200 Å². The fourth-order valence-electron chi connectivity index (χ4n) is 5.08. The summed E-state index contributed by atoms with van der Waals surface area (Å²) < 4.78 is 0. The summed E-state index contributed by atoms with van der Waals surface area (Å²) in [6, 6.07) is 28.3. The molecule has 0 radical (unpaired) electrons. The fourth-order valence-corrected chi connectivity index (χ4v) is 5.08. The number of aliphatic hydroxyl groups excluding tert-OH is 1. The number of rotatable bonds is 7. The van der Waals surface area contributed by atoms with Gasteiger partial charge < -0.3 is 10.0 Å². The molecule has 174 valence electrons. The number of Topliss-reactive ketones (excluding diaryl/α,β-unsaturated/α-hetero) is 1. The molecular weight excluding hydrogens is 426 g/mol. The summed E-state index contributed by atoms with van der Waals surface area (Å²) in [5, 5.41) is 10.8. The van der Waals surface area contributed by atoms with E-state index in [9.17, 15) is 14.7 Å². The number of β-amino-alcohol motifs (C(OH)–C–C–N with tert-alkyl or cyclic N) is 1. The van der Waals surface area contributed by atoms with Crippen LogP contribution in [0.1, 0.15) is 27.5 Å². The van der Waals surface area contributed by atoms with E-state index in [1.807, 2.05) is 12.1 Å². The second kappa shape index (κ2) is 9.89. The molecule has 1 fully saturated rings. The van der Waals surface area contributed by atoms with E-state index in [0.717, 1.165) is 26.2 Å². The van der Waals surface area contributed by atoms with Crippen molar-refractivity contribution in [3.63, 3.8) is 0 Å². The second-order valence-electron chi connectivity index (χ2n) is 8.98. The largest absolute Gasteiger partial charge is 0.390 e. The van der Waals surface area contributed by atoms with Crippen LogP contribution in [-0.4, -0.2) is 72.0 Å². The van der Waals surface area contributed by atoms with E-state index < -0.39 is 17.8 Å². The number of hydrogen-bond acceptors (Lipinski definition) is 5. The number of carbonyl (C=O) groups excluding carboxylic acids is 2. The van der Waals surface area contributed by atoms with Crippen molar-refractivity contribution in [3.8, 4) is 0 Å². The highest BCUT2D eigenvalue weighted by Crippen LogP contribution is 2.30. The van der Waals surface area contributed by atoms with Crippen LogP contribution in [0.25, 0.3) is 0 Å². The molecule has 34 heavy (non-hydrogen) atoms. The Morgan fingerprint density at radius 3 is 1.88 bits per heavy atom. The topological polar surface area (TPSA) is 64.1 Å². The molecule has 2 aliphatic heterocycles. The maximum absolute atomic E-state index is 12.4. The van der Waals surface area contributed by atoms with Gasteiger partial charge in [0.15, 0.2) is 0 Å². The van der Waals surface area contributed by atoms with Crippen LogP contribution in [0.15, 0.2) is 84.9 Å². The van der Waals surface area contributed by atoms with Crippen LogP contribution in [0.3, 0.4) is 0 Å². The lowest BCUT2D eigenvalue weighted by molar-refractivity contribution is -0.114. The molecule has 0 aromatic heterocycles. The number of benzene rings is 3. The maximum Gasteiger partial charge on any atom is 0.299 e. The molecule has 3 aromatic carbocycles. The molecule has 0 saturated carbocycles. The number of piperazine rings is 1. The van der Waals surface area contributed by atoms with Gasteiger partial charge in [0, 0.05) is 32.7 Å². The standard InChI is InChI=1S/C28H29N3O3/c32-23(20-31-25-14-8-7-13-24(25)27(33)28(31)34)19-29-15-17-30(18-16-29)26(21-9-3-1-4-10-21)22-11-5-2-6-12-22/h1-14,23,26,32H,15-20H2. The first-order valence-electron chi connectivity index (χ1n) is 11.8. The van der Waals surface area contributed by atoms with Crippen LogP contribution in [0, 0.1) is 0 Å². The number of aliphatic hydroxyl groups is 1. The van der Waals surface area contributed by atoms with Crippen LogP contribution in [0.4, 0.5) is 5.69 Å². The van der Waals surface area contributed by atoms with Crippen LogP contribution < -0.4 is 4.90 Å². The normalized spacial score (nSPS) is 17.9. The highest BCUT2D eigenvalue weighted by molar-refractivity contribution is 6.52. The molecule has 6 nitrogen and oxygen atoms in total. The Bertz CT molecular complexity index is 1100. The van der Waals surface area contributed by atoms with E-state index >= 15 is 0 Å². The predicted octanol–water partition coefficient (Wildman–Crippen LogP) is 2.98. The average Bonchev–Trinajstić information content (AvgIpc) is 3.11. The monoisotopic (exact) mass is 455 g/mol. The minimum Gasteiger partial charge on any atom is -0.390 e. The third-order valence-corrected chi connectivity index (χ3v) is 6.74. The van der Waals surface area contributed by atoms with Gasteiger partial charge in [-0.05, 0) is 23.3 Å². The van der Waals surface area contributed by atoms with Crippen LogP contribution in [-0.2, 0) is 4.79 Å². The van der Waals surface area contributed by atoms with Gasteiger partial charge in [0.2, 0.25) is 0 Å². The lowest BCUT2D eigenvalue weighted by Gasteiger charge is -2.40. The molecule has 3 aromatic rings. The Balaban J connectivity index is 1.21. The van der Waals surface area contributed by atoms with E-state index in [1.165, 1.54) is 16.0 Å². The number of anilines is 1. The molecule has 1 amide bonds. The minimum atomic E-state index is -0.728. The van der Waals surface area contributed by atoms with Crippen molar-refractivity contribution >= 4 is 17.4 Å². The lowest BCUT2D eigenvalue weighted by Crippen LogP contribution is -2.51. The summed E-state index contributed by atoms with van der Waals surface area (Å²) in [6.45, 7) is 4.01. The quantitative estimate of drug-likeness (QED) is 0.555. The van der Waals surface area contributed by atoms with Gasteiger partial charge in [0.05, 0.1) is 29.9 Å². The summed E-state index contributed by atoms with van der Waals surface area (Å²) >= 11 is 0. The summed E-state index contributed by atoms with van der Waals surface area (Å²) in [5.41, 5.74) is 3.56. The first kappa shape index (κ1) is 22.5. The molecule has 0 aliphatic carbocycles. The maximum atomic E-state index is 12.4. The number of amides is 1. The Hall–Kier alpha value is -3.32. The molecule has 1 saturated heterocycles. The summed E-state index contributed by atoms with van der Waals surface area (Å²) in [7, 11) is 0. The van der Waals surface area contributed by atoms with E-state index in [2.05, 4.69) is 58.3 Å². The van der Waals surface area contributed by atoms with Crippen molar-refractivity contribution in [2.24, 2.45) is 0 Å². The predicted molar refractivity (Wildman–Crippen MR) is 132 cm³/mol. The number of fused-ring (bicyclic) bond motifs is 1. The number of hydrogen-bond donors (Lipinski definition) is 1. The van der Waals surface area contributed by atoms with Crippen molar-refractivity contribution in [2.45, 2.75) is 12.1 Å². The van der Waals surface area contributed by atoms with Gasteiger partial charge in [-0.15, -0.1) is 0 Å². The summed E-state index contributed by atoms with van der Waals surface area (Å²) in [6.07, 6.45) is -0.728. The molecule has 1 N–H and O–H groups in total. The van der Waals surface area contributed by atoms with Crippen LogP contribution in [0.5, 0.6) is 0 Å². The minimum absolute atomic E-state index is 0.123. The lowest BCUT2D eigenvalue weighted by atomic mass is 9.96. The average molecular weight is 456 g/mol. The van der Waals surface area contributed by atoms with Crippen LogP contribution in [0.2, 0.25) is 0 Å². The van der Waals surface area contributed by atoms with Crippen molar-refractivity contribution in [2.75, 3.05) is 44.2 Å². The first-order chi connectivity index (χ1) is 16.6. The van der Waals surface area contributed by atoms with Gasteiger partial charge in [-0.2, -0.15) is 0 Å². The van der Waals surface area contributed by atoms with Gasteiger partial charge in [-0.1, -0.05) is 72.8 Å². The third-order valence-electron chi connectivity index (χ3n) is 6.74. The molecule has 1 unspecified atom stereocenters. The zero-order valence-electron chi connectivity index (χ0n) is 19.1. The first-order valence-corrected chi connectivity index (χ1v) is 11.8. The Morgan fingerprint density at radius 1 is 0.706 bits per heavy atom. The molecule has 0 bridgehead atoms. The highest BCUT2D eigenvalue weighted by atomic mass is 16.3. The Kier molecular flexibility index (Phi) is 6.54. The summed E-state index contributed by atoms with van der Waals surface area (Å²) in [4.78, 5) is 30.8. The van der Waals surface area contributed by atoms with E-state index in [4.69, 9.17) is 0 Å². The van der Waals surface area contributed by atoms with E-state index in [1.54, 1.807) is 24.3 Å². The summed E-state index contributed by atoms with van der Waals surface area (Å²) in [5.74, 6) is -1.05. The van der Waals surface area contributed by atoms with Crippen molar-refractivity contribution < 1.29 is 14.7 Å². The highest BCUT2D eigenvalue weighted by Gasteiger charge is 2.36. The smallest absolute Gasteiger partial charge is 0.299 e. The Morgan fingerprint density at radius 2 is 1.26 bits per heavy atom. The third kappa shape index (κ3) is 4.53. The van der Waals surface area contributed by atoms with Crippen molar-refractivity contribution in [3.05, 3.63) is 102 Å². The molecule has 0 spiro atoms. The number of nitrogens with zero attached hydrogens (tertiary/aromatic N) is 3. The fraction of sp³-hybridized carbons (Fsp3) is 0.286. The zero-order chi connectivity index (χ0) is 23.5. The zero-order valence-corrected chi connectivity index (χ0v) is 19.1. The van der Waals surface area contributed by atoms with Gasteiger partial charge in [-0.3, -0.25) is 19.4 Å². The second-order valence-corrected chi connectivity index (χ2v) is 8.98. The van der Waals surface area contributed by atoms with Gasteiger partial charge in [-0.25, -0.2) is 0 Å². The molecule has 5 rings (SSSR count). The molecule has 2 heterocycles. The van der Waals surface area contributed by atoms with Gasteiger partial charge >= 0.3 is 0 Å². The van der Waals surface area contributed by atoms with Crippen molar-refractivity contribution in [1.29, 1.82) is 0 Å². The molecule has 1 atom stereocenters. The van der Waals surface area contributed by atoms with E-state index in [-0.39, 0.29) is 12.6 Å². The molecule has 6 heteroatoms.